The highest BCUT2D eigenvalue weighted by Gasteiger charge is 2.28. The van der Waals surface area contributed by atoms with Crippen molar-refractivity contribution in [1.82, 2.24) is 19.9 Å². The maximum Gasteiger partial charge on any atom is 0.170 e. The standard InChI is InChI=1S/C21H25FN4S/c1-12-10-17(20(22)13(2)23-12)16-6-5-9-26(11-16)14(3)18-7-8-19-21(25-18)24-15(4)27-19/h7-8,10,14,16H,5-6,9,11H2,1-4H3. The fourth-order valence-corrected chi connectivity index (χ4v) is 4.88. The first-order valence-corrected chi connectivity index (χ1v) is 10.4. The van der Waals surface area contributed by atoms with Gasteiger partial charge in [-0.25, -0.2) is 14.4 Å². The van der Waals surface area contributed by atoms with Gasteiger partial charge in [0.25, 0.3) is 0 Å². The maximum absolute atomic E-state index is 14.7. The summed E-state index contributed by atoms with van der Waals surface area (Å²) < 4.78 is 15.8. The molecule has 0 saturated carbocycles. The molecule has 1 fully saturated rings. The van der Waals surface area contributed by atoms with Crippen molar-refractivity contribution in [3.63, 3.8) is 0 Å². The quantitative estimate of drug-likeness (QED) is 0.631. The van der Waals surface area contributed by atoms with E-state index in [2.05, 4.69) is 33.9 Å². The summed E-state index contributed by atoms with van der Waals surface area (Å²) in [4.78, 5) is 16.0. The summed E-state index contributed by atoms with van der Waals surface area (Å²) in [6.07, 6.45) is 2.08. The van der Waals surface area contributed by atoms with Crippen LogP contribution in [0.4, 0.5) is 4.39 Å². The number of aryl methyl sites for hydroxylation is 3. The van der Waals surface area contributed by atoms with Gasteiger partial charge in [-0.1, -0.05) is 0 Å². The van der Waals surface area contributed by atoms with E-state index in [1.165, 1.54) is 0 Å². The summed E-state index contributed by atoms with van der Waals surface area (Å²) in [5.41, 5.74) is 4.08. The molecule has 3 aromatic rings. The third-order valence-electron chi connectivity index (χ3n) is 5.53. The smallest absolute Gasteiger partial charge is 0.170 e. The van der Waals surface area contributed by atoms with Gasteiger partial charge in [0.15, 0.2) is 5.65 Å². The van der Waals surface area contributed by atoms with Crippen LogP contribution in [0.15, 0.2) is 18.2 Å². The summed E-state index contributed by atoms with van der Waals surface area (Å²) in [7, 11) is 0. The minimum absolute atomic E-state index is 0.141. The first kappa shape index (κ1) is 18.4. The molecule has 0 aromatic carbocycles. The van der Waals surface area contributed by atoms with Gasteiger partial charge < -0.3 is 0 Å². The second-order valence-electron chi connectivity index (χ2n) is 7.55. The lowest BCUT2D eigenvalue weighted by Crippen LogP contribution is -2.37. The Morgan fingerprint density at radius 2 is 2.00 bits per heavy atom. The van der Waals surface area contributed by atoms with Crippen LogP contribution in [0.5, 0.6) is 0 Å². The van der Waals surface area contributed by atoms with Gasteiger partial charge in [0.05, 0.1) is 21.1 Å². The van der Waals surface area contributed by atoms with E-state index in [-0.39, 0.29) is 17.8 Å². The fourth-order valence-electron chi connectivity index (χ4n) is 4.11. The minimum Gasteiger partial charge on any atom is -0.294 e. The lowest BCUT2D eigenvalue weighted by atomic mass is 9.89. The molecule has 0 radical (unpaired) electrons. The molecule has 142 valence electrons. The number of likely N-dealkylation sites (tertiary alicyclic amines) is 1. The Morgan fingerprint density at radius 3 is 2.81 bits per heavy atom. The topological polar surface area (TPSA) is 41.9 Å². The van der Waals surface area contributed by atoms with E-state index in [0.29, 0.717) is 5.69 Å². The molecular weight excluding hydrogens is 359 g/mol. The largest absolute Gasteiger partial charge is 0.294 e. The van der Waals surface area contributed by atoms with E-state index in [4.69, 9.17) is 4.98 Å². The molecule has 0 aliphatic carbocycles. The first-order valence-electron chi connectivity index (χ1n) is 9.54. The number of halogens is 1. The lowest BCUT2D eigenvalue weighted by Gasteiger charge is -2.37. The zero-order valence-corrected chi connectivity index (χ0v) is 17.1. The summed E-state index contributed by atoms with van der Waals surface area (Å²) in [5.74, 6) is 0.0597. The zero-order valence-electron chi connectivity index (χ0n) is 16.3. The minimum atomic E-state index is -0.141. The first-order chi connectivity index (χ1) is 12.9. The molecule has 2 unspecified atom stereocenters. The van der Waals surface area contributed by atoms with Crippen LogP contribution in [0.25, 0.3) is 10.3 Å². The number of nitrogens with zero attached hydrogens (tertiary/aromatic N) is 4. The van der Waals surface area contributed by atoms with Crippen molar-refractivity contribution in [3.8, 4) is 0 Å². The zero-order chi connectivity index (χ0) is 19.1. The fraction of sp³-hybridized carbons (Fsp3) is 0.476. The Hall–Kier alpha value is -1.92. The van der Waals surface area contributed by atoms with Crippen LogP contribution < -0.4 is 0 Å². The van der Waals surface area contributed by atoms with Crippen LogP contribution in [-0.2, 0) is 0 Å². The number of piperidine rings is 1. The number of fused-ring (bicyclic) bond motifs is 1. The molecule has 0 spiro atoms. The van der Waals surface area contributed by atoms with Gasteiger partial charge in [-0.3, -0.25) is 9.88 Å². The number of hydrogen-bond acceptors (Lipinski definition) is 5. The van der Waals surface area contributed by atoms with Crippen molar-refractivity contribution >= 4 is 21.7 Å². The highest BCUT2D eigenvalue weighted by Crippen LogP contribution is 2.34. The summed E-state index contributed by atoms with van der Waals surface area (Å²) >= 11 is 1.68. The molecule has 3 aromatic heterocycles. The van der Waals surface area contributed by atoms with Crippen molar-refractivity contribution in [3.05, 3.63) is 51.7 Å². The van der Waals surface area contributed by atoms with Crippen LogP contribution in [-0.4, -0.2) is 32.9 Å². The SMILES string of the molecule is Cc1cc(C2CCCN(C(C)c3ccc4sc(C)nc4n3)C2)c(F)c(C)n1. The van der Waals surface area contributed by atoms with Gasteiger partial charge in [-0.15, -0.1) is 11.3 Å². The van der Waals surface area contributed by atoms with E-state index >= 15 is 0 Å². The van der Waals surface area contributed by atoms with Gasteiger partial charge in [0.2, 0.25) is 0 Å². The highest BCUT2D eigenvalue weighted by molar-refractivity contribution is 7.18. The van der Waals surface area contributed by atoms with Crippen LogP contribution in [0.2, 0.25) is 0 Å². The van der Waals surface area contributed by atoms with Gasteiger partial charge in [0, 0.05) is 18.3 Å². The highest BCUT2D eigenvalue weighted by atomic mass is 32.1. The van der Waals surface area contributed by atoms with Crippen molar-refractivity contribution in [2.75, 3.05) is 13.1 Å². The molecule has 2 atom stereocenters. The molecule has 4 heterocycles. The Balaban J connectivity index is 1.58. The predicted octanol–water partition coefficient (Wildman–Crippen LogP) is 5.09. The average Bonchev–Trinajstić information content (AvgIpc) is 3.03. The molecule has 0 amide bonds. The van der Waals surface area contributed by atoms with Crippen LogP contribution in [0.3, 0.4) is 0 Å². The average molecular weight is 385 g/mol. The van der Waals surface area contributed by atoms with Crippen LogP contribution >= 0.6 is 11.3 Å². The summed E-state index contributed by atoms with van der Waals surface area (Å²) in [6, 6.07) is 6.33. The van der Waals surface area contributed by atoms with Crippen LogP contribution in [0.1, 0.15) is 59.4 Å². The summed E-state index contributed by atoms with van der Waals surface area (Å²) in [6.45, 7) is 9.75. The molecule has 1 aliphatic rings. The van der Waals surface area contributed by atoms with E-state index in [1.54, 1.807) is 18.3 Å². The number of thiazole rings is 1. The second kappa shape index (κ2) is 7.24. The lowest BCUT2D eigenvalue weighted by molar-refractivity contribution is 0.154. The van der Waals surface area contributed by atoms with Gasteiger partial charge in [-0.2, -0.15) is 0 Å². The van der Waals surface area contributed by atoms with Crippen LogP contribution in [0, 0.1) is 26.6 Å². The normalized spacial score (nSPS) is 19.5. The molecule has 1 saturated heterocycles. The third-order valence-corrected chi connectivity index (χ3v) is 6.46. The molecule has 4 nitrogen and oxygen atoms in total. The number of hydrogen-bond donors (Lipinski definition) is 0. The van der Waals surface area contributed by atoms with E-state index in [9.17, 15) is 4.39 Å². The number of aromatic nitrogens is 3. The molecule has 0 bridgehead atoms. The predicted molar refractivity (Wildman–Crippen MR) is 108 cm³/mol. The van der Waals surface area contributed by atoms with E-state index < -0.39 is 0 Å². The Labute approximate surface area is 163 Å². The van der Waals surface area contributed by atoms with Crippen molar-refractivity contribution in [2.45, 2.75) is 52.5 Å². The van der Waals surface area contributed by atoms with Gasteiger partial charge in [0.1, 0.15) is 5.82 Å². The monoisotopic (exact) mass is 384 g/mol. The van der Waals surface area contributed by atoms with Gasteiger partial charge >= 0.3 is 0 Å². The maximum atomic E-state index is 14.7. The van der Waals surface area contributed by atoms with Gasteiger partial charge in [-0.05, 0) is 76.8 Å². The second-order valence-corrected chi connectivity index (χ2v) is 8.79. The Morgan fingerprint density at radius 1 is 1.19 bits per heavy atom. The Bertz CT molecular complexity index is 984. The third kappa shape index (κ3) is 3.60. The molecule has 4 rings (SSSR count). The number of rotatable bonds is 3. The van der Waals surface area contributed by atoms with Crippen molar-refractivity contribution < 1.29 is 4.39 Å². The molecule has 1 aliphatic heterocycles. The van der Waals surface area contributed by atoms with Crippen molar-refractivity contribution in [2.24, 2.45) is 0 Å². The molecule has 6 heteroatoms. The number of pyridine rings is 2. The molecule has 27 heavy (non-hydrogen) atoms. The molecule has 0 N–H and O–H groups in total. The van der Waals surface area contributed by atoms with E-state index in [0.717, 1.165) is 58.2 Å². The molecular formula is C21H25FN4S. The Kier molecular flexibility index (Phi) is 4.95. The summed E-state index contributed by atoms with van der Waals surface area (Å²) in [5, 5.41) is 1.04. The van der Waals surface area contributed by atoms with E-state index in [1.807, 2.05) is 19.9 Å². The van der Waals surface area contributed by atoms with Crippen molar-refractivity contribution in [1.29, 1.82) is 0 Å².